The Kier molecular flexibility index (Phi) is 5.75. The van der Waals surface area contributed by atoms with E-state index in [4.69, 9.17) is 23.7 Å². The van der Waals surface area contributed by atoms with Crippen molar-refractivity contribution in [3.63, 3.8) is 0 Å². The molecular weight excluding hydrogens is 440 g/mol. The first-order valence-corrected chi connectivity index (χ1v) is 10.9. The van der Waals surface area contributed by atoms with Gasteiger partial charge in [0.1, 0.15) is 36.6 Å². The predicted octanol–water partition coefficient (Wildman–Crippen LogP) is -1.50. The summed E-state index contributed by atoms with van der Waals surface area (Å²) in [5.41, 5.74) is -1.92. The van der Waals surface area contributed by atoms with Crippen LogP contribution >= 0.6 is 0 Å². The lowest BCUT2D eigenvalue weighted by molar-refractivity contribution is -0.369. The zero-order valence-electron chi connectivity index (χ0n) is 17.9. The van der Waals surface area contributed by atoms with Gasteiger partial charge in [0.25, 0.3) is 0 Å². The Labute approximate surface area is 189 Å². The van der Waals surface area contributed by atoms with Crippen LogP contribution < -0.4 is 0 Å². The lowest BCUT2D eigenvalue weighted by atomic mass is 9.50. The van der Waals surface area contributed by atoms with E-state index in [1.54, 1.807) is 37.3 Å². The average Bonchev–Trinajstić information content (AvgIpc) is 3.11. The van der Waals surface area contributed by atoms with Crippen LogP contribution in [-0.4, -0.2) is 99.7 Å². The Bertz CT molecular complexity index is 880. The first kappa shape index (κ1) is 23.1. The summed E-state index contributed by atoms with van der Waals surface area (Å²) in [4.78, 5) is 12.6. The highest BCUT2D eigenvalue weighted by Gasteiger charge is 2.83. The number of aliphatic hydroxyl groups is 5. The quantitative estimate of drug-likeness (QED) is 0.309. The minimum Gasteiger partial charge on any atom is -0.461 e. The van der Waals surface area contributed by atoms with Crippen LogP contribution in [-0.2, 0) is 23.7 Å². The zero-order valence-corrected chi connectivity index (χ0v) is 17.9. The summed E-state index contributed by atoms with van der Waals surface area (Å²) < 4.78 is 28.9. The molecule has 0 spiro atoms. The maximum absolute atomic E-state index is 12.6. The van der Waals surface area contributed by atoms with Crippen molar-refractivity contribution in [2.24, 2.45) is 11.3 Å². The summed E-state index contributed by atoms with van der Waals surface area (Å²) >= 11 is 0. The molecule has 5 rings (SSSR count). The molecule has 0 bridgehead atoms. The number of aliphatic hydroxyl groups excluding tert-OH is 5. The van der Waals surface area contributed by atoms with Gasteiger partial charge >= 0.3 is 5.97 Å². The number of hydrogen-bond donors (Lipinski definition) is 5. The van der Waals surface area contributed by atoms with Gasteiger partial charge in [-0.05, 0) is 25.5 Å². The van der Waals surface area contributed by atoms with E-state index in [-0.39, 0.29) is 13.0 Å². The summed E-state index contributed by atoms with van der Waals surface area (Å²) in [5.74, 6) is -1.03. The minimum atomic E-state index is -1.61. The Morgan fingerprint density at radius 2 is 1.79 bits per heavy atom. The molecule has 11 heteroatoms. The van der Waals surface area contributed by atoms with Crippen LogP contribution in [0, 0.1) is 11.3 Å². The van der Waals surface area contributed by atoms with E-state index in [1.165, 1.54) is 0 Å². The third-order valence-corrected chi connectivity index (χ3v) is 7.61. The number of rotatable bonds is 6. The molecule has 3 saturated heterocycles. The highest BCUT2D eigenvalue weighted by atomic mass is 16.8. The Hall–Kier alpha value is -1.67. The first-order chi connectivity index (χ1) is 15.7. The molecule has 0 radical (unpaired) electrons. The van der Waals surface area contributed by atoms with Gasteiger partial charge in [0.2, 0.25) is 0 Å². The van der Waals surface area contributed by atoms with Gasteiger partial charge in [0, 0.05) is 5.92 Å². The van der Waals surface area contributed by atoms with Crippen LogP contribution in [0.3, 0.4) is 0 Å². The normalized spacial score (nSPS) is 48.2. The van der Waals surface area contributed by atoms with Crippen molar-refractivity contribution in [2.75, 3.05) is 13.2 Å². The fourth-order valence-corrected chi connectivity index (χ4v) is 5.71. The molecule has 0 amide bonds. The third kappa shape index (κ3) is 3.19. The highest BCUT2D eigenvalue weighted by Crippen LogP contribution is 2.71. The molecule has 3 heterocycles. The summed E-state index contributed by atoms with van der Waals surface area (Å²) in [6.45, 7) is 0.945. The maximum Gasteiger partial charge on any atom is 0.338 e. The van der Waals surface area contributed by atoms with Gasteiger partial charge in [-0.1, -0.05) is 18.2 Å². The largest absolute Gasteiger partial charge is 0.461 e. The van der Waals surface area contributed by atoms with Gasteiger partial charge in [-0.25, -0.2) is 4.79 Å². The van der Waals surface area contributed by atoms with Gasteiger partial charge < -0.3 is 49.2 Å². The summed E-state index contributed by atoms with van der Waals surface area (Å²) in [7, 11) is 0. The summed E-state index contributed by atoms with van der Waals surface area (Å²) in [6.07, 6.45) is -9.76. The highest BCUT2D eigenvalue weighted by molar-refractivity contribution is 5.89. The molecule has 33 heavy (non-hydrogen) atoms. The fourth-order valence-electron chi connectivity index (χ4n) is 5.71. The molecule has 11 atom stereocenters. The van der Waals surface area contributed by atoms with Crippen molar-refractivity contribution in [1.29, 1.82) is 0 Å². The Morgan fingerprint density at radius 3 is 2.48 bits per heavy atom. The number of hydrogen-bond acceptors (Lipinski definition) is 11. The van der Waals surface area contributed by atoms with E-state index < -0.39 is 78.9 Å². The van der Waals surface area contributed by atoms with Crippen LogP contribution in [0.15, 0.2) is 30.3 Å². The molecule has 1 aliphatic carbocycles. The number of carbonyl (C=O) groups is 1. The molecule has 1 saturated carbocycles. The number of esters is 1. The van der Waals surface area contributed by atoms with Crippen molar-refractivity contribution in [1.82, 2.24) is 0 Å². The SMILES string of the molecule is CC1O[C@H]2OC(O)[C@H]3C[C@]1(O[C@H]1O[C@@H](CO)[C@H](O)[C@@H](O)[C@@H]1O)[C@@]23COC(=O)c1ccccc1. The molecule has 0 aromatic heterocycles. The fraction of sp³-hybridized carbons (Fsp3) is 0.682. The van der Waals surface area contributed by atoms with Crippen molar-refractivity contribution < 1.29 is 54.0 Å². The predicted molar refractivity (Wildman–Crippen MR) is 106 cm³/mol. The van der Waals surface area contributed by atoms with E-state index in [0.29, 0.717) is 5.56 Å². The van der Waals surface area contributed by atoms with Crippen LogP contribution in [0.25, 0.3) is 0 Å². The van der Waals surface area contributed by atoms with Crippen LogP contribution in [0.5, 0.6) is 0 Å². The first-order valence-electron chi connectivity index (χ1n) is 10.9. The van der Waals surface area contributed by atoms with Gasteiger partial charge in [0.15, 0.2) is 18.9 Å². The maximum atomic E-state index is 12.6. The van der Waals surface area contributed by atoms with Gasteiger partial charge in [-0.15, -0.1) is 0 Å². The summed E-state index contributed by atoms with van der Waals surface area (Å²) in [5, 5.41) is 50.6. The molecule has 3 aliphatic heterocycles. The van der Waals surface area contributed by atoms with Crippen LogP contribution in [0.4, 0.5) is 0 Å². The van der Waals surface area contributed by atoms with Crippen molar-refractivity contribution in [3.05, 3.63) is 35.9 Å². The van der Waals surface area contributed by atoms with E-state index in [0.717, 1.165) is 0 Å². The zero-order chi connectivity index (χ0) is 23.5. The Balaban J connectivity index is 1.41. The number of carbonyl (C=O) groups excluding carboxylic acids is 1. The third-order valence-electron chi connectivity index (χ3n) is 7.61. The topological polar surface area (TPSA) is 164 Å². The van der Waals surface area contributed by atoms with E-state index in [2.05, 4.69) is 0 Å². The molecule has 1 aromatic rings. The summed E-state index contributed by atoms with van der Waals surface area (Å²) in [6, 6.07) is 8.43. The van der Waals surface area contributed by atoms with E-state index in [9.17, 15) is 30.3 Å². The number of benzene rings is 1. The van der Waals surface area contributed by atoms with E-state index >= 15 is 0 Å². The smallest absolute Gasteiger partial charge is 0.338 e. The molecule has 5 N–H and O–H groups in total. The van der Waals surface area contributed by atoms with Crippen molar-refractivity contribution in [3.8, 4) is 0 Å². The molecule has 182 valence electrons. The molecule has 4 aliphatic rings. The number of ether oxygens (including phenoxy) is 5. The van der Waals surface area contributed by atoms with E-state index in [1.807, 2.05) is 0 Å². The lowest BCUT2D eigenvalue weighted by Gasteiger charge is -2.59. The molecule has 11 nitrogen and oxygen atoms in total. The van der Waals surface area contributed by atoms with Crippen LogP contribution in [0.1, 0.15) is 23.7 Å². The van der Waals surface area contributed by atoms with Crippen molar-refractivity contribution >= 4 is 5.97 Å². The minimum absolute atomic E-state index is 0.186. The van der Waals surface area contributed by atoms with Gasteiger partial charge in [0.05, 0.1) is 23.7 Å². The molecule has 2 unspecified atom stereocenters. The lowest BCUT2D eigenvalue weighted by Crippen LogP contribution is -2.72. The van der Waals surface area contributed by atoms with Gasteiger partial charge in [-0.2, -0.15) is 0 Å². The molecule has 1 aromatic carbocycles. The average molecular weight is 468 g/mol. The Morgan fingerprint density at radius 1 is 1.06 bits per heavy atom. The monoisotopic (exact) mass is 468 g/mol. The second-order valence-corrected chi connectivity index (χ2v) is 9.13. The van der Waals surface area contributed by atoms with Crippen LogP contribution in [0.2, 0.25) is 0 Å². The second-order valence-electron chi connectivity index (χ2n) is 9.13. The van der Waals surface area contributed by atoms with Gasteiger partial charge in [-0.3, -0.25) is 0 Å². The second kappa shape index (κ2) is 8.22. The van der Waals surface area contributed by atoms with Crippen molar-refractivity contribution in [2.45, 2.75) is 68.3 Å². The molecule has 4 fully saturated rings. The standard InChI is InChI=1S/C22H28O11/c1-10-22(33-19-16(26)15(25)14(24)13(8-23)31-19)7-12-18(28)32-20(30-10)21(12,22)9-29-17(27)11-5-3-2-4-6-11/h2-6,10,12-16,18-20,23-26,28H,7-9H2,1H3/t10?,12-,13+,14+,15-,16+,18?,19-,20+,21-,22-/m1/s1. The molecular formula is C22H28O11.